The third-order valence-corrected chi connectivity index (χ3v) is 5.51. The number of carbonyl (C=O) groups is 1. The van der Waals surface area contributed by atoms with Crippen molar-refractivity contribution in [2.24, 2.45) is 5.92 Å². The van der Waals surface area contributed by atoms with Crippen molar-refractivity contribution in [1.82, 2.24) is 4.90 Å². The van der Waals surface area contributed by atoms with Crippen LogP contribution in [0.2, 0.25) is 0 Å². The number of nitrogens with one attached hydrogen (secondary N) is 1. The number of Topliss-reactive ketones (excluding diaryl/α,β-unsaturated/α-hetero) is 1. The Morgan fingerprint density at radius 1 is 1.17 bits per heavy atom. The number of rotatable bonds is 6. The lowest BCUT2D eigenvalue weighted by Gasteiger charge is -2.44. The second-order valence-corrected chi connectivity index (χ2v) is 8.44. The fourth-order valence-corrected chi connectivity index (χ4v) is 4.29. The Bertz CT molecular complexity index is 662. The maximum atomic E-state index is 12.3. The van der Waals surface area contributed by atoms with Crippen LogP contribution in [0.1, 0.15) is 31.2 Å². The van der Waals surface area contributed by atoms with Crippen LogP contribution in [0.15, 0.2) is 24.3 Å². The lowest BCUT2D eigenvalue weighted by molar-refractivity contribution is -0.137. The van der Waals surface area contributed by atoms with E-state index in [1.165, 1.54) is 5.56 Å². The van der Waals surface area contributed by atoms with Gasteiger partial charge in [-0.1, -0.05) is 12.1 Å². The number of sulfonamides is 1. The average molecular weight is 336 g/mol. The summed E-state index contributed by atoms with van der Waals surface area (Å²) in [7, 11) is -3.23. The molecule has 1 unspecified atom stereocenters. The van der Waals surface area contributed by atoms with Crippen molar-refractivity contribution >= 4 is 21.5 Å². The number of hydrogen-bond donors (Lipinski definition) is 1. The smallest absolute Gasteiger partial charge is 0.229 e. The van der Waals surface area contributed by atoms with Gasteiger partial charge >= 0.3 is 0 Å². The van der Waals surface area contributed by atoms with Crippen LogP contribution in [0.4, 0.5) is 5.69 Å². The molecule has 0 saturated carbocycles. The molecule has 0 radical (unpaired) electrons. The molecule has 0 amide bonds. The summed E-state index contributed by atoms with van der Waals surface area (Å²) in [5.41, 5.74) is 1.76. The van der Waals surface area contributed by atoms with E-state index >= 15 is 0 Å². The maximum absolute atomic E-state index is 12.3. The number of carbonyl (C=O) groups excluding carboxylic acids is 1. The summed E-state index contributed by atoms with van der Waals surface area (Å²) in [5, 5.41) is 0. The van der Waals surface area contributed by atoms with E-state index in [1.54, 1.807) is 12.1 Å². The van der Waals surface area contributed by atoms with Crippen LogP contribution < -0.4 is 4.72 Å². The first-order valence-electron chi connectivity index (χ1n) is 8.27. The van der Waals surface area contributed by atoms with E-state index in [9.17, 15) is 13.2 Å². The number of hydrogen-bond acceptors (Lipinski definition) is 4. The van der Waals surface area contributed by atoms with Crippen molar-refractivity contribution in [2.75, 3.05) is 24.1 Å². The molecular formula is C17H24N2O3S. The van der Waals surface area contributed by atoms with Gasteiger partial charge in [-0.25, -0.2) is 8.42 Å². The monoisotopic (exact) mass is 336 g/mol. The van der Waals surface area contributed by atoms with Gasteiger partial charge < -0.3 is 0 Å². The van der Waals surface area contributed by atoms with Crippen LogP contribution in [0.3, 0.4) is 0 Å². The summed E-state index contributed by atoms with van der Waals surface area (Å²) in [6, 6.07) is 7.60. The van der Waals surface area contributed by atoms with E-state index in [-0.39, 0.29) is 6.04 Å². The van der Waals surface area contributed by atoms with Crippen molar-refractivity contribution in [3.63, 3.8) is 0 Å². The molecule has 1 aromatic rings. The lowest BCUT2D eigenvalue weighted by Crippen LogP contribution is -2.55. The molecule has 3 aliphatic rings. The first-order chi connectivity index (χ1) is 10.9. The zero-order chi connectivity index (χ0) is 16.4. The van der Waals surface area contributed by atoms with Gasteiger partial charge in [0.2, 0.25) is 10.0 Å². The van der Waals surface area contributed by atoms with Crippen LogP contribution in [-0.2, 0) is 21.2 Å². The summed E-state index contributed by atoms with van der Waals surface area (Å²) in [6.07, 6.45) is 6.07. The number of fused-ring (bicyclic) bond motifs is 3. The molecule has 1 atom stereocenters. The van der Waals surface area contributed by atoms with E-state index in [1.807, 2.05) is 12.1 Å². The number of ketones is 1. The molecule has 0 aromatic heterocycles. The zero-order valence-corrected chi connectivity index (χ0v) is 14.3. The molecule has 3 saturated heterocycles. The predicted octanol–water partition coefficient (Wildman–Crippen LogP) is 2.04. The van der Waals surface area contributed by atoms with Crippen LogP contribution in [0, 0.1) is 5.92 Å². The summed E-state index contributed by atoms with van der Waals surface area (Å²) in [4.78, 5) is 14.6. The standard InChI is InChI=1S/C17H24N2O3S/c1-23(21,22)18-15-7-5-13(6-8-15)3-2-4-16-17(20)14-9-11-19(16)12-10-14/h5-8,14,16,18H,2-4,9-12H2,1H3. The maximum Gasteiger partial charge on any atom is 0.229 e. The van der Waals surface area contributed by atoms with Crippen LogP contribution in [0.25, 0.3) is 0 Å². The molecule has 0 spiro atoms. The molecule has 4 rings (SSSR count). The van der Waals surface area contributed by atoms with Crippen LogP contribution >= 0.6 is 0 Å². The zero-order valence-electron chi connectivity index (χ0n) is 13.5. The minimum atomic E-state index is -3.23. The number of anilines is 1. The fourth-order valence-electron chi connectivity index (χ4n) is 3.73. The van der Waals surface area contributed by atoms with E-state index in [4.69, 9.17) is 0 Å². The third kappa shape index (κ3) is 4.12. The Labute approximate surface area is 138 Å². The highest BCUT2D eigenvalue weighted by Crippen LogP contribution is 2.31. The average Bonchev–Trinajstić information content (AvgIpc) is 2.51. The first kappa shape index (κ1) is 16.5. The highest BCUT2D eigenvalue weighted by Gasteiger charge is 2.40. The van der Waals surface area contributed by atoms with E-state index in [0.717, 1.165) is 51.4 Å². The minimum absolute atomic E-state index is 0.133. The predicted molar refractivity (Wildman–Crippen MR) is 90.9 cm³/mol. The summed E-state index contributed by atoms with van der Waals surface area (Å²) in [5.74, 6) is 0.765. The number of piperidine rings is 3. The Balaban J connectivity index is 1.50. The molecule has 0 aliphatic carbocycles. The molecule has 1 aromatic carbocycles. The second kappa shape index (κ2) is 6.61. The van der Waals surface area contributed by atoms with Crippen molar-refractivity contribution in [3.05, 3.63) is 29.8 Å². The molecule has 3 aliphatic heterocycles. The Hall–Kier alpha value is -1.40. The van der Waals surface area contributed by atoms with Crippen molar-refractivity contribution in [2.45, 2.75) is 38.1 Å². The van der Waals surface area contributed by atoms with Gasteiger partial charge in [0.05, 0.1) is 12.3 Å². The quantitative estimate of drug-likeness (QED) is 0.863. The van der Waals surface area contributed by atoms with E-state index in [0.29, 0.717) is 17.4 Å². The van der Waals surface area contributed by atoms with Crippen molar-refractivity contribution < 1.29 is 13.2 Å². The molecule has 2 bridgehead atoms. The Morgan fingerprint density at radius 2 is 1.83 bits per heavy atom. The minimum Gasteiger partial charge on any atom is -0.298 e. The Kier molecular flexibility index (Phi) is 4.73. The van der Waals surface area contributed by atoms with Gasteiger partial charge in [-0.2, -0.15) is 0 Å². The highest BCUT2D eigenvalue weighted by molar-refractivity contribution is 7.92. The van der Waals surface area contributed by atoms with Gasteiger partial charge in [0.25, 0.3) is 0 Å². The van der Waals surface area contributed by atoms with Gasteiger partial charge in [-0.05, 0) is 62.9 Å². The molecule has 3 heterocycles. The molecular weight excluding hydrogens is 312 g/mol. The fraction of sp³-hybridized carbons (Fsp3) is 0.588. The molecule has 126 valence electrons. The topological polar surface area (TPSA) is 66.5 Å². The van der Waals surface area contributed by atoms with Gasteiger partial charge in [0, 0.05) is 11.6 Å². The molecule has 3 fully saturated rings. The molecule has 1 N–H and O–H groups in total. The summed E-state index contributed by atoms with van der Waals surface area (Å²) >= 11 is 0. The largest absolute Gasteiger partial charge is 0.298 e. The van der Waals surface area contributed by atoms with Crippen LogP contribution in [0.5, 0.6) is 0 Å². The van der Waals surface area contributed by atoms with Gasteiger partial charge in [0.15, 0.2) is 5.78 Å². The van der Waals surface area contributed by atoms with Gasteiger partial charge in [-0.15, -0.1) is 0 Å². The number of benzene rings is 1. The van der Waals surface area contributed by atoms with Crippen molar-refractivity contribution in [1.29, 1.82) is 0 Å². The molecule has 23 heavy (non-hydrogen) atoms. The number of nitrogens with zero attached hydrogens (tertiary/aromatic N) is 1. The van der Waals surface area contributed by atoms with Crippen LogP contribution in [-0.4, -0.2) is 44.5 Å². The third-order valence-electron chi connectivity index (χ3n) is 4.90. The second-order valence-electron chi connectivity index (χ2n) is 6.69. The van der Waals surface area contributed by atoms with Gasteiger partial charge in [-0.3, -0.25) is 14.4 Å². The molecule has 6 heteroatoms. The van der Waals surface area contributed by atoms with Gasteiger partial charge in [0.1, 0.15) is 0 Å². The number of aryl methyl sites for hydroxylation is 1. The van der Waals surface area contributed by atoms with E-state index < -0.39 is 10.0 Å². The highest BCUT2D eigenvalue weighted by atomic mass is 32.2. The summed E-state index contributed by atoms with van der Waals surface area (Å²) in [6.45, 7) is 2.15. The Morgan fingerprint density at radius 3 is 2.39 bits per heavy atom. The SMILES string of the molecule is CS(=O)(=O)Nc1ccc(CCCC2C(=O)C3CCN2CC3)cc1. The summed E-state index contributed by atoms with van der Waals surface area (Å²) < 4.78 is 24.8. The molecule has 5 nitrogen and oxygen atoms in total. The normalized spacial score (nSPS) is 27.2. The first-order valence-corrected chi connectivity index (χ1v) is 10.2. The van der Waals surface area contributed by atoms with E-state index in [2.05, 4.69) is 9.62 Å². The lowest BCUT2D eigenvalue weighted by atomic mass is 9.80. The van der Waals surface area contributed by atoms with Crippen molar-refractivity contribution in [3.8, 4) is 0 Å².